The number of amides is 1. The van der Waals surface area contributed by atoms with Crippen molar-refractivity contribution >= 4 is 5.91 Å². The third kappa shape index (κ3) is 3.56. The van der Waals surface area contributed by atoms with Crippen LogP contribution in [0.15, 0.2) is 77.7 Å². The van der Waals surface area contributed by atoms with Gasteiger partial charge in [-0.2, -0.15) is 0 Å². The van der Waals surface area contributed by atoms with Crippen molar-refractivity contribution in [2.75, 3.05) is 13.6 Å². The van der Waals surface area contributed by atoms with Gasteiger partial charge in [-0.05, 0) is 17.5 Å². The zero-order valence-electron chi connectivity index (χ0n) is 15.7. The Bertz CT molecular complexity index is 1030. The fourth-order valence-electron chi connectivity index (χ4n) is 3.63. The number of likely N-dealkylation sites (N-methyl/N-ethyl adjacent to an activating group) is 1. The summed E-state index contributed by atoms with van der Waals surface area (Å²) in [6.07, 6.45) is 2.48. The minimum atomic E-state index is -0.274. The highest BCUT2D eigenvalue weighted by Gasteiger charge is 2.32. The second kappa shape index (κ2) is 7.72. The highest BCUT2D eigenvalue weighted by atomic mass is 16.5. The summed E-state index contributed by atoms with van der Waals surface area (Å²) in [6.45, 7) is 0.829. The van der Waals surface area contributed by atoms with E-state index in [9.17, 15) is 9.59 Å². The molecular weight excluding hydrogens is 352 g/mol. The Morgan fingerprint density at radius 1 is 0.929 bits per heavy atom. The Morgan fingerprint density at radius 2 is 1.57 bits per heavy atom. The molecule has 0 radical (unpaired) electrons. The van der Waals surface area contributed by atoms with E-state index in [0.29, 0.717) is 12.2 Å². The lowest BCUT2D eigenvalue weighted by Crippen LogP contribution is -2.43. The van der Waals surface area contributed by atoms with E-state index in [2.05, 4.69) is 12.1 Å². The van der Waals surface area contributed by atoms with Gasteiger partial charge in [0, 0.05) is 25.9 Å². The Hall–Kier alpha value is -3.34. The van der Waals surface area contributed by atoms with Gasteiger partial charge in [-0.25, -0.2) is 0 Å². The van der Waals surface area contributed by atoms with E-state index in [-0.39, 0.29) is 29.7 Å². The van der Waals surface area contributed by atoms with Gasteiger partial charge in [0.2, 0.25) is 5.43 Å². The molecule has 0 fully saturated rings. The van der Waals surface area contributed by atoms with E-state index >= 15 is 0 Å². The van der Waals surface area contributed by atoms with Crippen molar-refractivity contribution in [2.45, 2.75) is 19.1 Å². The van der Waals surface area contributed by atoms with Crippen LogP contribution in [0.4, 0.5) is 0 Å². The second-order valence-electron chi connectivity index (χ2n) is 7.07. The molecule has 5 heteroatoms. The number of rotatable bonds is 5. The van der Waals surface area contributed by atoms with Crippen LogP contribution in [0.5, 0.6) is 5.75 Å². The number of hydrogen-bond donors (Lipinski definition) is 0. The van der Waals surface area contributed by atoms with Gasteiger partial charge in [0.15, 0.2) is 11.4 Å². The monoisotopic (exact) mass is 374 g/mol. The number of pyridine rings is 1. The lowest BCUT2D eigenvalue weighted by Gasteiger charge is -2.34. The Balaban J connectivity index is 1.70. The Labute approximate surface area is 163 Å². The third-order valence-electron chi connectivity index (χ3n) is 5.05. The number of nitrogens with zero attached hydrogens (tertiary/aromatic N) is 2. The van der Waals surface area contributed by atoms with Crippen LogP contribution < -0.4 is 10.2 Å². The first-order chi connectivity index (χ1) is 13.6. The average molecular weight is 374 g/mol. The van der Waals surface area contributed by atoms with Crippen LogP contribution in [0, 0.1) is 0 Å². The summed E-state index contributed by atoms with van der Waals surface area (Å²) < 4.78 is 7.76. The predicted octanol–water partition coefficient (Wildman–Crippen LogP) is 3.30. The molecule has 1 amide bonds. The summed E-state index contributed by atoms with van der Waals surface area (Å²) in [6, 6.07) is 21.3. The minimum Gasteiger partial charge on any atom is -0.483 e. The van der Waals surface area contributed by atoms with Crippen molar-refractivity contribution in [3.8, 4) is 5.75 Å². The van der Waals surface area contributed by atoms with Crippen LogP contribution in [-0.4, -0.2) is 29.0 Å². The number of benzene rings is 2. The zero-order chi connectivity index (χ0) is 19.5. The first kappa shape index (κ1) is 18.0. The molecule has 0 aliphatic carbocycles. The van der Waals surface area contributed by atoms with Gasteiger partial charge < -0.3 is 14.2 Å². The van der Waals surface area contributed by atoms with Gasteiger partial charge in [0.1, 0.15) is 6.61 Å². The summed E-state index contributed by atoms with van der Waals surface area (Å²) in [4.78, 5) is 27.1. The fraction of sp³-hybridized carbons (Fsp3) is 0.217. The fourth-order valence-corrected chi connectivity index (χ4v) is 3.63. The van der Waals surface area contributed by atoms with Crippen molar-refractivity contribution < 1.29 is 9.53 Å². The van der Waals surface area contributed by atoms with Crippen LogP contribution in [-0.2, 0) is 13.0 Å². The molecule has 0 bridgehead atoms. The molecule has 28 heavy (non-hydrogen) atoms. The van der Waals surface area contributed by atoms with Gasteiger partial charge in [-0.1, -0.05) is 60.7 Å². The largest absolute Gasteiger partial charge is 0.483 e. The standard InChI is InChI=1S/C23H22N2O3/c1-24-15-19(14-17-8-4-2-5-9-17)25-13-12-20(26)22(21(25)23(24)27)28-16-18-10-6-3-7-11-18/h2-13,19H,14-16H2,1H3/t19-/m0/s1. The normalized spacial score (nSPS) is 16.0. The maximum absolute atomic E-state index is 12.9. The van der Waals surface area contributed by atoms with E-state index in [1.54, 1.807) is 18.1 Å². The van der Waals surface area contributed by atoms with E-state index in [1.807, 2.05) is 53.1 Å². The maximum Gasteiger partial charge on any atom is 0.274 e. The summed E-state index contributed by atoms with van der Waals surface area (Å²) in [5.41, 5.74) is 2.19. The maximum atomic E-state index is 12.9. The van der Waals surface area contributed by atoms with E-state index in [1.165, 1.54) is 11.6 Å². The van der Waals surface area contributed by atoms with Crippen LogP contribution in [0.2, 0.25) is 0 Å². The van der Waals surface area contributed by atoms with Crippen molar-refractivity contribution in [3.63, 3.8) is 0 Å². The topological polar surface area (TPSA) is 51.5 Å². The second-order valence-corrected chi connectivity index (χ2v) is 7.07. The molecule has 142 valence electrons. The molecule has 1 aliphatic heterocycles. The number of carbonyl (C=O) groups excluding carboxylic acids is 1. The van der Waals surface area contributed by atoms with Crippen molar-refractivity contribution in [2.24, 2.45) is 0 Å². The van der Waals surface area contributed by atoms with Gasteiger partial charge in [0.05, 0.1) is 6.04 Å². The quantitative estimate of drug-likeness (QED) is 0.689. The first-order valence-electron chi connectivity index (χ1n) is 9.35. The molecule has 0 saturated heterocycles. The molecule has 1 aliphatic rings. The number of hydrogen-bond acceptors (Lipinski definition) is 3. The highest BCUT2D eigenvalue weighted by Crippen LogP contribution is 2.28. The number of aromatic nitrogens is 1. The van der Waals surface area contributed by atoms with Crippen molar-refractivity contribution in [1.29, 1.82) is 0 Å². The summed E-state index contributed by atoms with van der Waals surface area (Å²) in [7, 11) is 1.77. The number of fused-ring (bicyclic) bond motifs is 1. The Kier molecular flexibility index (Phi) is 4.98. The van der Waals surface area contributed by atoms with E-state index in [4.69, 9.17) is 4.74 Å². The van der Waals surface area contributed by atoms with E-state index < -0.39 is 0 Å². The van der Waals surface area contributed by atoms with E-state index in [0.717, 1.165) is 12.0 Å². The molecule has 1 atom stereocenters. The summed E-state index contributed by atoms with van der Waals surface area (Å²) >= 11 is 0. The van der Waals surface area contributed by atoms with Crippen LogP contribution in [0.1, 0.15) is 27.7 Å². The lowest BCUT2D eigenvalue weighted by molar-refractivity contribution is 0.0705. The highest BCUT2D eigenvalue weighted by molar-refractivity contribution is 5.95. The van der Waals surface area contributed by atoms with Gasteiger partial charge in [-0.3, -0.25) is 9.59 Å². The Morgan fingerprint density at radius 3 is 2.25 bits per heavy atom. The first-order valence-corrected chi connectivity index (χ1v) is 9.35. The van der Waals surface area contributed by atoms with Gasteiger partial charge >= 0.3 is 0 Å². The molecule has 0 spiro atoms. The summed E-state index contributed by atoms with van der Waals surface area (Å²) in [5, 5.41) is 0. The molecule has 0 N–H and O–H groups in total. The number of carbonyl (C=O) groups is 1. The van der Waals surface area contributed by atoms with Crippen molar-refractivity contribution in [3.05, 3.63) is 100.0 Å². The van der Waals surface area contributed by atoms with Gasteiger partial charge in [-0.15, -0.1) is 0 Å². The molecule has 0 saturated carbocycles. The van der Waals surface area contributed by atoms with Crippen LogP contribution in [0.3, 0.4) is 0 Å². The minimum absolute atomic E-state index is 0.0415. The predicted molar refractivity (Wildman–Crippen MR) is 108 cm³/mol. The average Bonchev–Trinajstić information content (AvgIpc) is 2.72. The zero-order valence-corrected chi connectivity index (χ0v) is 15.7. The van der Waals surface area contributed by atoms with Crippen molar-refractivity contribution in [1.82, 2.24) is 9.47 Å². The molecule has 2 aromatic carbocycles. The van der Waals surface area contributed by atoms with Crippen LogP contribution >= 0.6 is 0 Å². The summed E-state index contributed by atoms with van der Waals surface area (Å²) in [5.74, 6) is -0.0639. The molecular formula is C23H22N2O3. The molecule has 0 unspecified atom stereocenters. The molecule has 3 aromatic rings. The molecule has 1 aromatic heterocycles. The molecule has 5 nitrogen and oxygen atoms in total. The smallest absolute Gasteiger partial charge is 0.274 e. The third-order valence-corrected chi connectivity index (χ3v) is 5.05. The van der Waals surface area contributed by atoms with Crippen LogP contribution in [0.25, 0.3) is 0 Å². The lowest BCUT2D eigenvalue weighted by atomic mass is 10.0. The SMILES string of the molecule is CN1C[C@H](Cc2ccccc2)n2ccc(=O)c(OCc3ccccc3)c2C1=O. The number of ether oxygens (including phenoxy) is 1. The molecule has 4 rings (SSSR count). The molecule has 2 heterocycles. The van der Waals surface area contributed by atoms with Gasteiger partial charge in [0.25, 0.3) is 5.91 Å².